The molecule has 0 aliphatic carbocycles. The van der Waals surface area contributed by atoms with Crippen LogP contribution in [0, 0.1) is 0 Å². The summed E-state index contributed by atoms with van der Waals surface area (Å²) in [6.45, 7) is 6.20. The second kappa shape index (κ2) is 10.7. The molecule has 1 aliphatic heterocycles. The van der Waals surface area contributed by atoms with E-state index in [0.29, 0.717) is 23.1 Å². The second-order valence-corrected chi connectivity index (χ2v) is 8.73. The van der Waals surface area contributed by atoms with Crippen LogP contribution in [0.15, 0.2) is 88.3 Å². The van der Waals surface area contributed by atoms with E-state index in [9.17, 15) is 4.79 Å². The molecular formula is C29H30N2O3. The molecule has 1 N–H and O–H groups in total. The minimum Gasteiger partial charge on any atom is -0.493 e. The highest BCUT2D eigenvalue weighted by Gasteiger charge is 2.11. The molecule has 2 heterocycles. The zero-order chi connectivity index (χ0) is 23.2. The Kier molecular flexibility index (Phi) is 7.03. The number of benzene rings is 3. The Morgan fingerprint density at radius 2 is 1.59 bits per heavy atom. The normalized spacial score (nSPS) is 14.4. The zero-order valence-electron chi connectivity index (χ0n) is 19.3. The van der Waals surface area contributed by atoms with Crippen molar-refractivity contribution in [1.29, 1.82) is 0 Å². The van der Waals surface area contributed by atoms with Gasteiger partial charge in [0.2, 0.25) is 0 Å². The van der Waals surface area contributed by atoms with Gasteiger partial charge in [-0.25, -0.2) is 0 Å². The molecular weight excluding hydrogens is 424 g/mol. The van der Waals surface area contributed by atoms with E-state index in [2.05, 4.69) is 22.3 Å². The van der Waals surface area contributed by atoms with Crippen molar-refractivity contribution < 1.29 is 9.15 Å². The summed E-state index contributed by atoms with van der Waals surface area (Å²) in [6, 6.07) is 23.7. The van der Waals surface area contributed by atoms with Crippen LogP contribution in [0.3, 0.4) is 0 Å². The van der Waals surface area contributed by atoms with Crippen LogP contribution < -0.4 is 15.5 Å². The molecule has 5 heteroatoms. The predicted octanol–water partition coefficient (Wildman–Crippen LogP) is 5.19. The van der Waals surface area contributed by atoms with E-state index in [4.69, 9.17) is 9.15 Å². The Bertz CT molecular complexity index is 1280. The number of nitrogens with zero attached hydrogens (tertiary/aromatic N) is 1. The maximum atomic E-state index is 13.1. The van der Waals surface area contributed by atoms with E-state index < -0.39 is 0 Å². The van der Waals surface area contributed by atoms with Crippen LogP contribution in [0.5, 0.6) is 5.75 Å². The summed E-state index contributed by atoms with van der Waals surface area (Å²) >= 11 is 0. The Balaban J connectivity index is 1.23. The first-order chi connectivity index (χ1) is 16.8. The van der Waals surface area contributed by atoms with Crippen LogP contribution >= 0.6 is 0 Å². The number of hydrogen-bond donors (Lipinski definition) is 1. The van der Waals surface area contributed by atoms with Crippen molar-refractivity contribution in [1.82, 2.24) is 10.2 Å². The molecule has 0 saturated carbocycles. The van der Waals surface area contributed by atoms with Gasteiger partial charge < -0.3 is 19.4 Å². The minimum absolute atomic E-state index is 0.0312. The van der Waals surface area contributed by atoms with E-state index in [1.165, 1.54) is 0 Å². The van der Waals surface area contributed by atoms with Crippen LogP contribution in [0.25, 0.3) is 33.2 Å². The van der Waals surface area contributed by atoms with Gasteiger partial charge in [0.1, 0.15) is 17.6 Å². The number of piperazine rings is 1. The molecule has 1 aliphatic rings. The first kappa shape index (κ1) is 22.4. The summed E-state index contributed by atoms with van der Waals surface area (Å²) in [7, 11) is 0. The van der Waals surface area contributed by atoms with Gasteiger partial charge in [0.05, 0.1) is 17.6 Å². The van der Waals surface area contributed by atoms with Crippen LogP contribution in [-0.4, -0.2) is 44.2 Å². The summed E-state index contributed by atoms with van der Waals surface area (Å²) in [4.78, 5) is 15.6. The van der Waals surface area contributed by atoms with Crippen molar-refractivity contribution in [2.75, 3.05) is 39.3 Å². The highest BCUT2D eigenvalue weighted by atomic mass is 16.5. The third-order valence-electron chi connectivity index (χ3n) is 6.40. The monoisotopic (exact) mass is 454 g/mol. The molecule has 0 atom stereocenters. The summed E-state index contributed by atoms with van der Waals surface area (Å²) < 4.78 is 11.8. The van der Waals surface area contributed by atoms with Crippen LogP contribution in [0.2, 0.25) is 0 Å². The maximum Gasteiger partial charge on any atom is 0.200 e. The average molecular weight is 455 g/mol. The van der Waals surface area contributed by atoms with Gasteiger partial charge in [-0.1, -0.05) is 54.6 Å². The fourth-order valence-electron chi connectivity index (χ4n) is 4.43. The Morgan fingerprint density at radius 1 is 0.853 bits per heavy atom. The van der Waals surface area contributed by atoms with Crippen molar-refractivity contribution in [2.24, 2.45) is 0 Å². The average Bonchev–Trinajstić information content (AvgIpc) is 2.90. The summed E-state index contributed by atoms with van der Waals surface area (Å²) in [5.41, 5.74) is 4.19. The summed E-state index contributed by atoms with van der Waals surface area (Å²) in [5, 5.41) is 3.95. The van der Waals surface area contributed by atoms with Gasteiger partial charge in [0, 0.05) is 32.2 Å². The van der Waals surface area contributed by atoms with E-state index in [1.807, 2.05) is 54.6 Å². The van der Waals surface area contributed by atoms with Gasteiger partial charge in [0.25, 0.3) is 0 Å². The Morgan fingerprint density at radius 3 is 2.38 bits per heavy atom. The van der Waals surface area contributed by atoms with E-state index in [1.54, 1.807) is 12.3 Å². The number of rotatable bonds is 8. The van der Waals surface area contributed by atoms with Gasteiger partial charge in [-0.15, -0.1) is 0 Å². The summed E-state index contributed by atoms with van der Waals surface area (Å²) in [6.07, 6.45) is 3.68. The lowest BCUT2D eigenvalue weighted by atomic mass is 10.0. The largest absolute Gasteiger partial charge is 0.493 e. The lowest BCUT2D eigenvalue weighted by Gasteiger charge is -2.26. The smallest absolute Gasteiger partial charge is 0.200 e. The second-order valence-electron chi connectivity index (χ2n) is 8.73. The number of hydrogen-bond acceptors (Lipinski definition) is 5. The van der Waals surface area contributed by atoms with E-state index >= 15 is 0 Å². The molecule has 0 amide bonds. The molecule has 0 unspecified atom stereocenters. The molecule has 1 fully saturated rings. The van der Waals surface area contributed by atoms with Crippen molar-refractivity contribution in [3.63, 3.8) is 0 Å². The number of ether oxygens (including phenoxy) is 1. The van der Waals surface area contributed by atoms with Crippen molar-refractivity contribution in [3.8, 4) is 28.0 Å². The number of unbranched alkanes of at least 4 members (excludes halogenated alkanes) is 1. The Hall–Kier alpha value is -3.41. The molecule has 4 aromatic rings. The SMILES string of the molecule is O=c1c(-c2ccc(-c3ccccc3)cc2)coc2cc(OCCCCN3CCNCC3)ccc12. The highest BCUT2D eigenvalue weighted by molar-refractivity contribution is 5.83. The van der Waals surface area contributed by atoms with E-state index in [-0.39, 0.29) is 5.43 Å². The molecule has 1 saturated heterocycles. The Labute approximate surface area is 200 Å². The fraction of sp³-hybridized carbons (Fsp3) is 0.276. The molecule has 0 spiro atoms. The van der Waals surface area contributed by atoms with Crippen LogP contribution in [0.1, 0.15) is 12.8 Å². The number of nitrogens with one attached hydrogen (secondary N) is 1. The van der Waals surface area contributed by atoms with Gasteiger partial charge in [0.15, 0.2) is 5.43 Å². The van der Waals surface area contributed by atoms with Crippen LogP contribution in [-0.2, 0) is 0 Å². The molecule has 5 nitrogen and oxygen atoms in total. The first-order valence-electron chi connectivity index (χ1n) is 12.1. The van der Waals surface area contributed by atoms with Crippen molar-refractivity contribution in [3.05, 3.63) is 89.3 Å². The van der Waals surface area contributed by atoms with Gasteiger partial charge in [-0.3, -0.25) is 4.79 Å². The van der Waals surface area contributed by atoms with Crippen LogP contribution in [0.4, 0.5) is 0 Å². The molecule has 5 rings (SSSR count). The van der Waals surface area contributed by atoms with E-state index in [0.717, 1.165) is 68.0 Å². The van der Waals surface area contributed by atoms with Gasteiger partial charge >= 0.3 is 0 Å². The lowest BCUT2D eigenvalue weighted by molar-refractivity contribution is 0.226. The molecule has 0 radical (unpaired) electrons. The molecule has 174 valence electrons. The molecule has 34 heavy (non-hydrogen) atoms. The third-order valence-corrected chi connectivity index (χ3v) is 6.40. The quantitative estimate of drug-likeness (QED) is 0.371. The standard InChI is InChI=1S/C29H30N2O3/c32-29-26-13-12-25(33-19-5-4-16-31-17-14-30-15-18-31)20-28(26)34-21-27(29)24-10-8-23(9-11-24)22-6-2-1-3-7-22/h1-3,6-13,20-21,30H,4-5,14-19H2. The zero-order valence-corrected chi connectivity index (χ0v) is 19.3. The topological polar surface area (TPSA) is 54.7 Å². The first-order valence-corrected chi connectivity index (χ1v) is 12.1. The third kappa shape index (κ3) is 5.22. The van der Waals surface area contributed by atoms with Crippen molar-refractivity contribution >= 4 is 11.0 Å². The van der Waals surface area contributed by atoms with Gasteiger partial charge in [-0.05, 0) is 48.2 Å². The molecule has 0 bridgehead atoms. The fourth-order valence-corrected chi connectivity index (χ4v) is 4.43. The number of fused-ring (bicyclic) bond motifs is 1. The summed E-state index contributed by atoms with van der Waals surface area (Å²) in [5.74, 6) is 0.734. The van der Waals surface area contributed by atoms with Crippen molar-refractivity contribution in [2.45, 2.75) is 12.8 Å². The maximum absolute atomic E-state index is 13.1. The van der Waals surface area contributed by atoms with Gasteiger partial charge in [-0.2, -0.15) is 0 Å². The lowest BCUT2D eigenvalue weighted by Crippen LogP contribution is -2.43. The molecule has 1 aromatic heterocycles. The predicted molar refractivity (Wildman–Crippen MR) is 137 cm³/mol. The molecule has 3 aromatic carbocycles. The highest BCUT2D eigenvalue weighted by Crippen LogP contribution is 2.26. The minimum atomic E-state index is -0.0312.